The molecule has 2 N–H and O–H groups in total. The molecule has 2 aromatic carbocycles. The third-order valence-electron chi connectivity index (χ3n) is 4.31. The lowest BCUT2D eigenvalue weighted by Crippen LogP contribution is -2.19. The first-order valence-corrected chi connectivity index (χ1v) is 10.8. The lowest BCUT2D eigenvalue weighted by Gasteiger charge is -2.11. The minimum atomic E-state index is -0.208. The third kappa shape index (κ3) is 6.36. The van der Waals surface area contributed by atoms with Gasteiger partial charge in [0.25, 0.3) is 5.91 Å². The number of rotatable bonds is 8. The first kappa shape index (κ1) is 22.4. The van der Waals surface area contributed by atoms with Crippen LogP contribution >= 0.6 is 11.8 Å². The van der Waals surface area contributed by atoms with Crippen molar-refractivity contribution in [3.63, 3.8) is 0 Å². The number of ether oxygens (including phenoxy) is 2. The molecule has 0 aromatic heterocycles. The average molecular weight is 440 g/mol. The quantitative estimate of drug-likeness (QED) is 0.459. The first-order chi connectivity index (χ1) is 15.0. The van der Waals surface area contributed by atoms with Gasteiger partial charge in [0.05, 0.1) is 24.3 Å². The molecular formula is C23H25N3O4S. The van der Waals surface area contributed by atoms with Crippen LogP contribution in [0.3, 0.4) is 0 Å². The van der Waals surface area contributed by atoms with Crippen molar-refractivity contribution in [1.29, 1.82) is 0 Å². The van der Waals surface area contributed by atoms with Crippen LogP contribution in [0, 0.1) is 0 Å². The number of unbranched alkanes of at least 4 members (excludes halogenated alkanes) is 1. The molecule has 7 nitrogen and oxygen atoms in total. The van der Waals surface area contributed by atoms with E-state index in [1.54, 1.807) is 37.5 Å². The van der Waals surface area contributed by atoms with E-state index in [0.717, 1.165) is 18.4 Å². The van der Waals surface area contributed by atoms with Gasteiger partial charge in [0.1, 0.15) is 0 Å². The molecular weight excluding hydrogens is 414 g/mol. The van der Waals surface area contributed by atoms with Crippen molar-refractivity contribution in [2.75, 3.05) is 19.0 Å². The summed E-state index contributed by atoms with van der Waals surface area (Å²) in [7, 11) is 1.60. The smallest absolute Gasteiger partial charge is 0.264 e. The monoisotopic (exact) mass is 439 g/mol. The van der Waals surface area contributed by atoms with E-state index in [4.69, 9.17) is 9.47 Å². The number of thioether (sulfide) groups is 1. The number of aliphatic imine (C=N–C) groups is 1. The Bertz CT molecular complexity index is 1020. The Balaban J connectivity index is 1.72. The van der Waals surface area contributed by atoms with Crippen LogP contribution < -0.4 is 20.1 Å². The number of nitrogens with zero attached hydrogens (tertiary/aromatic N) is 1. The Kier molecular flexibility index (Phi) is 7.72. The average Bonchev–Trinajstić information content (AvgIpc) is 3.08. The summed E-state index contributed by atoms with van der Waals surface area (Å²) in [5, 5.41) is 5.97. The zero-order valence-electron chi connectivity index (χ0n) is 17.7. The summed E-state index contributed by atoms with van der Waals surface area (Å²) in [6, 6.07) is 12.6. The molecule has 0 atom stereocenters. The number of carbonyl (C=O) groups excluding carboxylic acids is 2. The number of anilines is 1. The van der Waals surface area contributed by atoms with Crippen LogP contribution in [0.1, 0.15) is 32.3 Å². The Morgan fingerprint density at radius 3 is 2.65 bits per heavy atom. The van der Waals surface area contributed by atoms with Crippen LogP contribution in [0.25, 0.3) is 6.08 Å². The van der Waals surface area contributed by atoms with E-state index in [1.807, 2.05) is 18.2 Å². The fraction of sp³-hybridized carbons (Fsp3) is 0.261. The van der Waals surface area contributed by atoms with Crippen LogP contribution in [0.4, 0.5) is 11.4 Å². The summed E-state index contributed by atoms with van der Waals surface area (Å²) in [5.41, 5.74) is 2.20. The summed E-state index contributed by atoms with van der Waals surface area (Å²) in [6.45, 7) is 4.20. The molecule has 0 unspecified atom stereocenters. The van der Waals surface area contributed by atoms with Crippen molar-refractivity contribution < 1.29 is 19.1 Å². The molecule has 1 heterocycles. The van der Waals surface area contributed by atoms with E-state index >= 15 is 0 Å². The largest absolute Gasteiger partial charge is 0.493 e. The van der Waals surface area contributed by atoms with Crippen molar-refractivity contribution in [2.45, 2.75) is 26.7 Å². The summed E-state index contributed by atoms with van der Waals surface area (Å²) in [5.74, 6) is 0.971. The van der Waals surface area contributed by atoms with Crippen LogP contribution in [0.5, 0.6) is 11.5 Å². The zero-order valence-corrected chi connectivity index (χ0v) is 18.5. The molecule has 1 fully saturated rings. The minimum Gasteiger partial charge on any atom is -0.493 e. The van der Waals surface area contributed by atoms with Crippen molar-refractivity contribution in [3.05, 3.63) is 52.9 Å². The topological polar surface area (TPSA) is 89.0 Å². The van der Waals surface area contributed by atoms with Crippen LogP contribution in [0.2, 0.25) is 0 Å². The molecule has 31 heavy (non-hydrogen) atoms. The summed E-state index contributed by atoms with van der Waals surface area (Å²) in [4.78, 5) is 28.5. The standard InChI is InChI=1S/C23H25N3O4S/c1-4-5-12-30-19-11-6-16(13-20(19)29-3)14-21-22(28)26-23(31-21)25-18-9-7-17(8-10-18)24-15(2)27/h6-11,13-14H,4-5,12H2,1-3H3,(H,24,27)(H,25,26,28)/b21-14-. The van der Waals surface area contributed by atoms with E-state index in [9.17, 15) is 9.59 Å². The predicted molar refractivity (Wildman–Crippen MR) is 125 cm³/mol. The van der Waals surface area contributed by atoms with Crippen molar-refractivity contribution >= 4 is 46.2 Å². The molecule has 8 heteroatoms. The van der Waals surface area contributed by atoms with Crippen LogP contribution in [-0.4, -0.2) is 30.7 Å². The summed E-state index contributed by atoms with van der Waals surface area (Å²) < 4.78 is 11.2. The number of amides is 2. The highest BCUT2D eigenvalue weighted by Gasteiger charge is 2.24. The van der Waals surface area contributed by atoms with Gasteiger partial charge in [-0.1, -0.05) is 19.4 Å². The number of hydrogen-bond donors (Lipinski definition) is 2. The molecule has 3 rings (SSSR count). The fourth-order valence-corrected chi connectivity index (χ4v) is 3.63. The van der Waals surface area contributed by atoms with Crippen LogP contribution in [0.15, 0.2) is 52.4 Å². The van der Waals surface area contributed by atoms with Gasteiger partial charge in [0.2, 0.25) is 5.91 Å². The summed E-state index contributed by atoms with van der Waals surface area (Å²) in [6.07, 6.45) is 3.83. The Labute approximate surface area is 185 Å². The molecule has 0 saturated carbocycles. The van der Waals surface area contributed by atoms with Gasteiger partial charge in [0.15, 0.2) is 16.7 Å². The highest BCUT2D eigenvalue weighted by molar-refractivity contribution is 8.18. The molecule has 0 radical (unpaired) electrons. The number of amidine groups is 1. The second-order valence-electron chi connectivity index (χ2n) is 6.82. The first-order valence-electron chi connectivity index (χ1n) is 9.96. The van der Waals surface area contributed by atoms with Gasteiger partial charge in [0, 0.05) is 12.6 Å². The molecule has 162 valence electrons. The van der Waals surface area contributed by atoms with Gasteiger partial charge in [-0.05, 0) is 66.2 Å². The lowest BCUT2D eigenvalue weighted by atomic mass is 10.2. The molecule has 0 spiro atoms. The Morgan fingerprint density at radius 2 is 1.97 bits per heavy atom. The normalized spacial score (nSPS) is 15.8. The number of hydrogen-bond acceptors (Lipinski definition) is 6. The maximum atomic E-state index is 12.4. The van der Waals surface area contributed by atoms with Gasteiger partial charge in [-0.25, -0.2) is 4.99 Å². The molecule has 1 saturated heterocycles. The SMILES string of the molecule is CCCCOc1ccc(/C=C2\SC(=Nc3ccc(NC(C)=O)cc3)NC2=O)cc1OC. The number of benzene rings is 2. The number of carbonyl (C=O) groups is 2. The van der Waals surface area contributed by atoms with E-state index < -0.39 is 0 Å². The number of methoxy groups -OCH3 is 1. The maximum Gasteiger partial charge on any atom is 0.264 e. The van der Waals surface area contributed by atoms with Crippen LogP contribution in [-0.2, 0) is 9.59 Å². The third-order valence-corrected chi connectivity index (χ3v) is 5.22. The molecule has 0 aliphatic carbocycles. The van der Waals surface area contributed by atoms with Gasteiger partial charge in [-0.2, -0.15) is 0 Å². The molecule has 0 bridgehead atoms. The second kappa shape index (κ2) is 10.7. The van der Waals surface area contributed by atoms with Crippen molar-refractivity contribution in [3.8, 4) is 11.5 Å². The lowest BCUT2D eigenvalue weighted by molar-refractivity contribution is -0.115. The fourth-order valence-electron chi connectivity index (χ4n) is 2.79. The Hall–Kier alpha value is -3.26. The second-order valence-corrected chi connectivity index (χ2v) is 7.85. The van der Waals surface area contributed by atoms with Gasteiger partial charge in [-0.15, -0.1) is 0 Å². The molecule has 1 aliphatic rings. The summed E-state index contributed by atoms with van der Waals surface area (Å²) >= 11 is 1.27. The van der Waals surface area contributed by atoms with Gasteiger partial charge >= 0.3 is 0 Å². The van der Waals surface area contributed by atoms with Gasteiger partial charge in [-0.3, -0.25) is 9.59 Å². The van der Waals surface area contributed by atoms with E-state index in [2.05, 4.69) is 22.5 Å². The molecule has 2 amide bonds. The van der Waals surface area contributed by atoms with E-state index in [0.29, 0.717) is 39.6 Å². The molecule has 1 aliphatic heterocycles. The Morgan fingerprint density at radius 1 is 1.19 bits per heavy atom. The minimum absolute atomic E-state index is 0.135. The van der Waals surface area contributed by atoms with E-state index in [-0.39, 0.29) is 11.8 Å². The molecule has 2 aromatic rings. The highest BCUT2D eigenvalue weighted by Crippen LogP contribution is 2.32. The highest BCUT2D eigenvalue weighted by atomic mass is 32.2. The maximum absolute atomic E-state index is 12.4. The number of nitrogens with one attached hydrogen (secondary N) is 2. The van der Waals surface area contributed by atoms with Crippen molar-refractivity contribution in [2.24, 2.45) is 4.99 Å². The van der Waals surface area contributed by atoms with Crippen molar-refractivity contribution in [1.82, 2.24) is 5.32 Å². The van der Waals surface area contributed by atoms with E-state index in [1.165, 1.54) is 18.7 Å². The van der Waals surface area contributed by atoms with Gasteiger partial charge < -0.3 is 20.1 Å². The zero-order chi connectivity index (χ0) is 22.2. The predicted octanol–water partition coefficient (Wildman–Crippen LogP) is 4.72.